The monoisotopic (exact) mass is 284 g/mol. The molecule has 0 bridgehead atoms. The molecule has 1 N–H and O–H groups in total. The predicted octanol–water partition coefficient (Wildman–Crippen LogP) is 2.90. The molecule has 0 saturated carbocycles. The van der Waals surface area contributed by atoms with E-state index in [2.05, 4.69) is 52.7 Å². The maximum atomic E-state index is 5.94. The number of hydrogen-bond donors (Lipinski definition) is 1. The minimum absolute atomic E-state index is 0.676. The van der Waals surface area contributed by atoms with Crippen LogP contribution in [0.4, 0.5) is 0 Å². The molecule has 0 aromatic heterocycles. The number of nitrogens with one attached hydrogen (secondary N) is 1. The van der Waals surface area contributed by atoms with Gasteiger partial charge in [-0.2, -0.15) is 0 Å². The normalized spacial score (nSPS) is 19.2. The van der Waals surface area contributed by atoms with Gasteiger partial charge in [-0.05, 0) is 49.3 Å². The van der Waals surface area contributed by atoms with E-state index in [1.807, 2.05) is 7.05 Å². The summed E-state index contributed by atoms with van der Waals surface area (Å²) in [6, 6.07) is 15.4. The maximum Gasteiger partial charge on any atom is 0.120 e. The smallest absolute Gasteiger partial charge is 0.120 e. The molecule has 0 amide bonds. The third-order valence-corrected chi connectivity index (χ3v) is 4.31. The maximum absolute atomic E-state index is 5.94. The average molecular weight is 284 g/mol. The number of hydrogen-bond acceptors (Lipinski definition) is 3. The summed E-state index contributed by atoms with van der Waals surface area (Å²) < 4.78 is 5.94. The zero-order valence-electron chi connectivity index (χ0n) is 12.7. The Kier molecular flexibility index (Phi) is 4.73. The van der Waals surface area contributed by atoms with Gasteiger partial charge in [-0.15, -0.1) is 0 Å². The molecule has 3 heteroatoms. The second-order valence-electron chi connectivity index (χ2n) is 5.75. The van der Waals surface area contributed by atoms with Crippen LogP contribution in [0.25, 0.3) is 10.8 Å². The standard InChI is InChI=1S/C18H24N2O/c1-19-14-17-7-4-10-20(17)11-12-21-18-9-8-15-5-2-3-6-16(15)13-18/h2-3,5-6,8-9,13,17,19H,4,7,10-12,14H2,1H3. The number of benzene rings is 2. The molecule has 3 nitrogen and oxygen atoms in total. The molecule has 0 radical (unpaired) electrons. The second-order valence-corrected chi connectivity index (χ2v) is 5.75. The predicted molar refractivity (Wildman–Crippen MR) is 88.0 cm³/mol. The van der Waals surface area contributed by atoms with Crippen molar-refractivity contribution in [2.45, 2.75) is 18.9 Å². The molecule has 1 saturated heterocycles. The van der Waals surface area contributed by atoms with E-state index >= 15 is 0 Å². The van der Waals surface area contributed by atoms with Gasteiger partial charge < -0.3 is 10.1 Å². The van der Waals surface area contributed by atoms with Gasteiger partial charge in [0.05, 0.1) is 0 Å². The van der Waals surface area contributed by atoms with Crippen LogP contribution in [0.3, 0.4) is 0 Å². The number of nitrogens with zero attached hydrogens (tertiary/aromatic N) is 1. The Bertz CT molecular complexity index is 584. The molecule has 1 unspecified atom stereocenters. The number of ether oxygens (including phenoxy) is 1. The first-order valence-electron chi connectivity index (χ1n) is 7.87. The van der Waals surface area contributed by atoms with Crippen LogP contribution in [0.1, 0.15) is 12.8 Å². The van der Waals surface area contributed by atoms with Crippen LogP contribution in [0.5, 0.6) is 5.75 Å². The molecule has 112 valence electrons. The van der Waals surface area contributed by atoms with Crippen molar-refractivity contribution in [2.24, 2.45) is 0 Å². The summed E-state index contributed by atoms with van der Waals surface area (Å²) >= 11 is 0. The van der Waals surface area contributed by atoms with E-state index in [4.69, 9.17) is 4.74 Å². The highest BCUT2D eigenvalue weighted by atomic mass is 16.5. The third-order valence-electron chi connectivity index (χ3n) is 4.31. The Labute approximate surface area is 126 Å². The minimum Gasteiger partial charge on any atom is -0.492 e. The van der Waals surface area contributed by atoms with Crippen LogP contribution in [0.2, 0.25) is 0 Å². The Hall–Kier alpha value is -1.58. The SMILES string of the molecule is CNCC1CCCN1CCOc1ccc2ccccc2c1. The zero-order valence-corrected chi connectivity index (χ0v) is 12.7. The fourth-order valence-electron chi connectivity index (χ4n) is 3.19. The second kappa shape index (κ2) is 6.92. The van der Waals surface area contributed by atoms with Crippen LogP contribution in [-0.4, -0.2) is 44.2 Å². The van der Waals surface area contributed by atoms with Gasteiger partial charge >= 0.3 is 0 Å². The molecule has 1 aliphatic heterocycles. The first kappa shape index (κ1) is 14.4. The van der Waals surface area contributed by atoms with Gasteiger partial charge in [-0.3, -0.25) is 4.90 Å². The van der Waals surface area contributed by atoms with Gasteiger partial charge in [-0.25, -0.2) is 0 Å². The fourth-order valence-corrected chi connectivity index (χ4v) is 3.19. The lowest BCUT2D eigenvalue weighted by Gasteiger charge is -2.24. The van der Waals surface area contributed by atoms with Crippen molar-refractivity contribution in [1.82, 2.24) is 10.2 Å². The molecular weight excluding hydrogens is 260 g/mol. The van der Waals surface area contributed by atoms with Gasteiger partial charge in [0.15, 0.2) is 0 Å². The quantitative estimate of drug-likeness (QED) is 0.882. The number of rotatable bonds is 6. The molecule has 21 heavy (non-hydrogen) atoms. The van der Waals surface area contributed by atoms with Crippen molar-refractivity contribution < 1.29 is 4.74 Å². The summed E-state index contributed by atoms with van der Waals surface area (Å²) in [6.07, 6.45) is 2.61. The van der Waals surface area contributed by atoms with E-state index in [9.17, 15) is 0 Å². The van der Waals surface area contributed by atoms with Crippen molar-refractivity contribution in [3.05, 3.63) is 42.5 Å². The highest BCUT2D eigenvalue weighted by Crippen LogP contribution is 2.21. The highest BCUT2D eigenvalue weighted by molar-refractivity contribution is 5.83. The topological polar surface area (TPSA) is 24.5 Å². The molecular formula is C18H24N2O. The first-order valence-corrected chi connectivity index (χ1v) is 7.87. The van der Waals surface area contributed by atoms with Crippen molar-refractivity contribution in [3.8, 4) is 5.75 Å². The van der Waals surface area contributed by atoms with Gasteiger partial charge in [0.25, 0.3) is 0 Å². The summed E-state index contributed by atoms with van der Waals surface area (Å²) in [4.78, 5) is 2.54. The van der Waals surface area contributed by atoms with E-state index in [1.165, 1.54) is 30.2 Å². The van der Waals surface area contributed by atoms with Crippen molar-refractivity contribution in [2.75, 3.05) is 33.3 Å². The summed E-state index contributed by atoms with van der Waals surface area (Å²) in [5, 5.41) is 5.79. The van der Waals surface area contributed by atoms with E-state index in [0.717, 1.165) is 25.4 Å². The van der Waals surface area contributed by atoms with Crippen molar-refractivity contribution in [1.29, 1.82) is 0 Å². The first-order chi connectivity index (χ1) is 10.4. The van der Waals surface area contributed by atoms with Crippen molar-refractivity contribution >= 4 is 10.8 Å². The van der Waals surface area contributed by atoms with Crippen LogP contribution in [0.15, 0.2) is 42.5 Å². The molecule has 1 heterocycles. The Balaban J connectivity index is 1.54. The molecule has 1 fully saturated rings. The Morgan fingerprint density at radius 1 is 1.19 bits per heavy atom. The largest absolute Gasteiger partial charge is 0.492 e. The molecule has 0 spiro atoms. The van der Waals surface area contributed by atoms with Crippen LogP contribution < -0.4 is 10.1 Å². The molecule has 1 atom stereocenters. The lowest BCUT2D eigenvalue weighted by Crippen LogP contribution is -2.38. The van der Waals surface area contributed by atoms with Crippen LogP contribution in [0, 0.1) is 0 Å². The van der Waals surface area contributed by atoms with Gasteiger partial charge in [0.1, 0.15) is 12.4 Å². The van der Waals surface area contributed by atoms with Crippen LogP contribution in [-0.2, 0) is 0 Å². The molecule has 2 aromatic rings. The lowest BCUT2D eigenvalue weighted by atomic mass is 10.1. The highest BCUT2D eigenvalue weighted by Gasteiger charge is 2.23. The van der Waals surface area contributed by atoms with Gasteiger partial charge in [0, 0.05) is 19.1 Å². The lowest BCUT2D eigenvalue weighted by molar-refractivity contribution is 0.195. The van der Waals surface area contributed by atoms with Crippen LogP contribution >= 0.6 is 0 Å². The molecule has 2 aromatic carbocycles. The summed E-state index contributed by atoms with van der Waals surface area (Å²) in [5.41, 5.74) is 0. The van der Waals surface area contributed by atoms with E-state index in [-0.39, 0.29) is 0 Å². The number of likely N-dealkylation sites (tertiary alicyclic amines) is 1. The summed E-state index contributed by atoms with van der Waals surface area (Å²) in [6.45, 7) is 4.06. The fraction of sp³-hybridized carbons (Fsp3) is 0.444. The number of fused-ring (bicyclic) bond motifs is 1. The molecule has 1 aliphatic rings. The van der Waals surface area contributed by atoms with Gasteiger partial charge in [-0.1, -0.05) is 30.3 Å². The summed E-state index contributed by atoms with van der Waals surface area (Å²) in [5.74, 6) is 0.970. The Morgan fingerprint density at radius 2 is 2.05 bits per heavy atom. The average Bonchev–Trinajstić information content (AvgIpc) is 2.95. The van der Waals surface area contributed by atoms with Gasteiger partial charge in [0.2, 0.25) is 0 Å². The minimum atomic E-state index is 0.676. The third kappa shape index (κ3) is 3.55. The number of likely N-dealkylation sites (N-methyl/N-ethyl adjacent to an activating group) is 1. The summed E-state index contributed by atoms with van der Waals surface area (Å²) in [7, 11) is 2.03. The van der Waals surface area contributed by atoms with E-state index in [1.54, 1.807) is 0 Å². The zero-order chi connectivity index (χ0) is 14.5. The van der Waals surface area contributed by atoms with Crippen molar-refractivity contribution in [3.63, 3.8) is 0 Å². The van der Waals surface area contributed by atoms with E-state index < -0.39 is 0 Å². The Morgan fingerprint density at radius 3 is 2.90 bits per heavy atom. The molecule has 0 aliphatic carbocycles. The van der Waals surface area contributed by atoms with E-state index in [0.29, 0.717) is 6.04 Å². The molecule has 3 rings (SSSR count).